The molecule has 3 rings (SSSR count). The van der Waals surface area contributed by atoms with E-state index in [4.69, 9.17) is 0 Å². The van der Waals surface area contributed by atoms with E-state index in [9.17, 15) is 22.4 Å². The molecule has 1 aromatic heterocycles. The molecule has 0 aliphatic heterocycles. The molecular formula is C18H19F4N3OS. The summed E-state index contributed by atoms with van der Waals surface area (Å²) in [7, 11) is 0. The van der Waals surface area contributed by atoms with Crippen molar-refractivity contribution in [3.05, 3.63) is 42.0 Å². The molecule has 0 radical (unpaired) electrons. The van der Waals surface area contributed by atoms with Crippen LogP contribution in [0.4, 0.5) is 17.6 Å². The zero-order valence-corrected chi connectivity index (χ0v) is 15.4. The van der Waals surface area contributed by atoms with Crippen LogP contribution in [0.25, 0.3) is 5.69 Å². The second kappa shape index (κ2) is 7.92. The molecule has 0 saturated heterocycles. The third-order valence-corrected chi connectivity index (χ3v) is 5.35. The maximum Gasteiger partial charge on any atom is 0.391 e. The van der Waals surface area contributed by atoms with Crippen molar-refractivity contribution in [3.63, 3.8) is 0 Å². The summed E-state index contributed by atoms with van der Waals surface area (Å²) in [6, 6.07) is 5.06. The van der Waals surface area contributed by atoms with E-state index in [2.05, 4.69) is 10.3 Å². The lowest BCUT2D eigenvalue weighted by molar-refractivity contribution is -0.183. The minimum absolute atomic E-state index is 0.0972. The summed E-state index contributed by atoms with van der Waals surface area (Å²) in [5.74, 6) is -2.28. The zero-order valence-electron chi connectivity index (χ0n) is 14.6. The topological polar surface area (TPSA) is 46.9 Å². The maximum absolute atomic E-state index is 13.2. The van der Waals surface area contributed by atoms with E-state index in [1.807, 2.05) is 0 Å². The number of nitrogens with zero attached hydrogens (tertiary/aromatic N) is 2. The van der Waals surface area contributed by atoms with Crippen LogP contribution >= 0.6 is 11.8 Å². The van der Waals surface area contributed by atoms with Crippen LogP contribution in [0.3, 0.4) is 0 Å². The minimum Gasteiger partial charge on any atom is -0.348 e. The first-order valence-electron chi connectivity index (χ1n) is 8.55. The Hall–Kier alpha value is -2.03. The fourth-order valence-corrected chi connectivity index (χ4v) is 3.90. The van der Waals surface area contributed by atoms with E-state index in [1.165, 1.54) is 42.2 Å². The molecule has 1 aliphatic carbocycles. The Morgan fingerprint density at radius 1 is 1.26 bits per heavy atom. The van der Waals surface area contributed by atoms with Gasteiger partial charge in [0.1, 0.15) is 11.5 Å². The van der Waals surface area contributed by atoms with Crippen LogP contribution < -0.4 is 5.32 Å². The lowest BCUT2D eigenvalue weighted by atomic mass is 9.85. The van der Waals surface area contributed by atoms with Crippen LogP contribution in [-0.4, -0.2) is 33.9 Å². The zero-order chi connectivity index (χ0) is 19.6. The molecule has 0 bridgehead atoms. The molecule has 27 heavy (non-hydrogen) atoms. The molecule has 1 aliphatic rings. The number of amides is 1. The normalized spacial score (nSPS) is 20.5. The number of thioether (sulfide) groups is 1. The van der Waals surface area contributed by atoms with Gasteiger partial charge in [-0.1, -0.05) is 18.2 Å². The van der Waals surface area contributed by atoms with Gasteiger partial charge in [-0.2, -0.15) is 13.2 Å². The Morgan fingerprint density at radius 2 is 1.96 bits per heavy atom. The van der Waals surface area contributed by atoms with Gasteiger partial charge in [-0.05, 0) is 49.8 Å². The molecule has 1 N–H and O–H groups in total. The standard InChI is InChI=1S/C18H19F4N3OS/c1-27-17-23-10-15(25(17)14-7-5-12(19)6-8-14)16(26)24-13-4-2-3-11(9-13)18(20,21)22/h5-8,10-11,13H,2-4,9H2,1H3,(H,24,26). The van der Waals surface area contributed by atoms with Crippen molar-refractivity contribution in [2.24, 2.45) is 5.92 Å². The smallest absolute Gasteiger partial charge is 0.348 e. The summed E-state index contributed by atoms with van der Waals surface area (Å²) in [4.78, 5) is 16.9. The van der Waals surface area contributed by atoms with Crippen LogP contribution in [0, 0.1) is 11.7 Å². The molecule has 1 aromatic carbocycles. The molecule has 146 valence electrons. The highest BCUT2D eigenvalue weighted by Crippen LogP contribution is 2.37. The van der Waals surface area contributed by atoms with Crippen molar-refractivity contribution in [2.75, 3.05) is 6.26 Å². The van der Waals surface area contributed by atoms with Crippen molar-refractivity contribution in [3.8, 4) is 5.69 Å². The van der Waals surface area contributed by atoms with E-state index in [0.29, 0.717) is 23.7 Å². The number of halogens is 4. The number of rotatable bonds is 4. The largest absolute Gasteiger partial charge is 0.391 e. The average Bonchev–Trinajstić information content (AvgIpc) is 3.06. The highest BCUT2D eigenvalue weighted by atomic mass is 32.2. The van der Waals surface area contributed by atoms with Crippen LogP contribution in [-0.2, 0) is 0 Å². The van der Waals surface area contributed by atoms with Crippen molar-refractivity contribution in [1.29, 1.82) is 0 Å². The van der Waals surface area contributed by atoms with E-state index in [0.717, 1.165) is 0 Å². The molecule has 0 spiro atoms. The molecule has 4 nitrogen and oxygen atoms in total. The second-order valence-corrected chi connectivity index (χ2v) is 7.29. The minimum atomic E-state index is -4.24. The Kier molecular flexibility index (Phi) is 5.78. The fraction of sp³-hybridized carbons (Fsp3) is 0.444. The number of carbonyl (C=O) groups excluding carboxylic acids is 1. The van der Waals surface area contributed by atoms with Gasteiger partial charge in [-0.15, -0.1) is 0 Å². The van der Waals surface area contributed by atoms with Gasteiger partial charge in [0, 0.05) is 11.7 Å². The van der Waals surface area contributed by atoms with Gasteiger partial charge in [-0.3, -0.25) is 9.36 Å². The Bertz CT molecular complexity index is 804. The summed E-state index contributed by atoms with van der Waals surface area (Å²) in [5, 5.41) is 3.24. The quantitative estimate of drug-likeness (QED) is 0.602. The van der Waals surface area contributed by atoms with E-state index >= 15 is 0 Å². The lowest BCUT2D eigenvalue weighted by Crippen LogP contribution is -2.42. The van der Waals surface area contributed by atoms with Crippen molar-refractivity contribution >= 4 is 17.7 Å². The number of hydrogen-bond acceptors (Lipinski definition) is 3. The average molecular weight is 401 g/mol. The van der Waals surface area contributed by atoms with Gasteiger partial charge < -0.3 is 5.32 Å². The third kappa shape index (κ3) is 4.45. The molecule has 9 heteroatoms. The molecule has 1 fully saturated rings. The summed E-state index contributed by atoms with van der Waals surface area (Å²) in [6.45, 7) is 0. The van der Waals surface area contributed by atoms with E-state index < -0.39 is 29.9 Å². The van der Waals surface area contributed by atoms with Gasteiger partial charge in [0.05, 0.1) is 12.1 Å². The number of nitrogens with one attached hydrogen (secondary N) is 1. The Balaban J connectivity index is 1.81. The predicted octanol–water partition coefficient (Wildman–Crippen LogP) is 4.58. The summed E-state index contributed by atoms with van der Waals surface area (Å²) in [5.41, 5.74) is 0.764. The molecule has 2 atom stereocenters. The number of benzene rings is 1. The predicted molar refractivity (Wildman–Crippen MR) is 94.6 cm³/mol. The summed E-state index contributed by atoms with van der Waals surface area (Å²) >= 11 is 1.31. The number of hydrogen-bond donors (Lipinski definition) is 1. The summed E-state index contributed by atoms with van der Waals surface area (Å²) in [6.07, 6.45) is -0.158. The number of carbonyl (C=O) groups is 1. The van der Waals surface area contributed by atoms with Gasteiger partial charge in [0.2, 0.25) is 0 Å². The van der Waals surface area contributed by atoms with Crippen molar-refractivity contribution in [2.45, 2.75) is 43.1 Å². The lowest BCUT2D eigenvalue weighted by Gasteiger charge is -2.31. The summed E-state index contributed by atoms with van der Waals surface area (Å²) < 4.78 is 53.7. The Morgan fingerprint density at radius 3 is 2.59 bits per heavy atom. The molecule has 1 heterocycles. The van der Waals surface area contributed by atoms with Crippen molar-refractivity contribution < 1.29 is 22.4 Å². The number of aromatic nitrogens is 2. The number of imidazole rings is 1. The van der Waals surface area contributed by atoms with Gasteiger partial charge in [0.15, 0.2) is 5.16 Å². The molecule has 2 unspecified atom stereocenters. The number of alkyl halides is 3. The maximum atomic E-state index is 13.2. The first-order valence-corrected chi connectivity index (χ1v) is 9.77. The molecular weight excluding hydrogens is 382 g/mol. The Labute approximate surface area is 158 Å². The van der Waals surface area contributed by atoms with E-state index in [-0.39, 0.29) is 18.5 Å². The van der Waals surface area contributed by atoms with Crippen molar-refractivity contribution in [1.82, 2.24) is 14.9 Å². The van der Waals surface area contributed by atoms with Crippen LogP contribution in [0.1, 0.15) is 36.2 Å². The fourth-order valence-electron chi connectivity index (χ4n) is 3.36. The van der Waals surface area contributed by atoms with Crippen LogP contribution in [0.15, 0.2) is 35.6 Å². The highest BCUT2D eigenvalue weighted by Gasteiger charge is 2.42. The van der Waals surface area contributed by atoms with E-state index in [1.54, 1.807) is 10.8 Å². The molecule has 2 aromatic rings. The van der Waals surface area contributed by atoms with Crippen LogP contribution in [0.2, 0.25) is 0 Å². The first kappa shape index (κ1) is 19.7. The molecule has 1 saturated carbocycles. The molecule has 1 amide bonds. The first-order chi connectivity index (χ1) is 12.8. The monoisotopic (exact) mass is 401 g/mol. The SMILES string of the molecule is CSc1ncc(C(=O)NC2CCCC(C(F)(F)F)C2)n1-c1ccc(F)cc1. The third-order valence-electron chi connectivity index (χ3n) is 4.70. The highest BCUT2D eigenvalue weighted by molar-refractivity contribution is 7.98. The van der Waals surface area contributed by atoms with Crippen LogP contribution in [0.5, 0.6) is 0 Å². The second-order valence-electron chi connectivity index (χ2n) is 6.52. The van der Waals surface area contributed by atoms with Gasteiger partial charge in [0.25, 0.3) is 5.91 Å². The van der Waals surface area contributed by atoms with Gasteiger partial charge in [-0.25, -0.2) is 9.37 Å². The van der Waals surface area contributed by atoms with Gasteiger partial charge >= 0.3 is 6.18 Å².